The molecular formula is C10H12N2O4. The van der Waals surface area contributed by atoms with Crippen LogP contribution < -0.4 is 11.2 Å². The SMILES string of the molecule is Cc1cn([C@H]2C=C[C@H](O)CO2)c(=O)[nH]c1=O. The summed E-state index contributed by atoms with van der Waals surface area (Å²) in [4.78, 5) is 24.9. The van der Waals surface area contributed by atoms with E-state index in [1.165, 1.54) is 10.8 Å². The second kappa shape index (κ2) is 4.07. The Hall–Kier alpha value is -1.66. The smallest absolute Gasteiger partial charge is 0.330 e. The summed E-state index contributed by atoms with van der Waals surface area (Å²) in [5, 5.41) is 9.18. The molecule has 1 aliphatic heterocycles. The van der Waals surface area contributed by atoms with Crippen molar-refractivity contribution in [1.29, 1.82) is 0 Å². The van der Waals surface area contributed by atoms with E-state index in [1.807, 2.05) is 0 Å². The summed E-state index contributed by atoms with van der Waals surface area (Å²) < 4.78 is 6.53. The van der Waals surface area contributed by atoms with Crippen LogP contribution in [0, 0.1) is 6.92 Å². The molecule has 1 aromatic heterocycles. The van der Waals surface area contributed by atoms with Crippen molar-refractivity contribution in [3.05, 3.63) is 44.8 Å². The number of hydrogen-bond donors (Lipinski definition) is 2. The van der Waals surface area contributed by atoms with Crippen molar-refractivity contribution in [3.8, 4) is 0 Å². The molecule has 86 valence electrons. The second-order valence-corrected chi connectivity index (χ2v) is 3.65. The predicted molar refractivity (Wildman–Crippen MR) is 56.2 cm³/mol. The molecule has 0 bridgehead atoms. The molecular weight excluding hydrogens is 212 g/mol. The highest BCUT2D eigenvalue weighted by molar-refractivity contribution is 5.04. The van der Waals surface area contributed by atoms with Crippen LogP contribution in [0.25, 0.3) is 0 Å². The van der Waals surface area contributed by atoms with E-state index < -0.39 is 23.6 Å². The maximum Gasteiger partial charge on any atom is 0.330 e. The van der Waals surface area contributed by atoms with Crippen LogP contribution in [0.4, 0.5) is 0 Å². The number of aryl methyl sites for hydroxylation is 1. The van der Waals surface area contributed by atoms with Crippen molar-refractivity contribution in [1.82, 2.24) is 9.55 Å². The van der Waals surface area contributed by atoms with E-state index in [-0.39, 0.29) is 6.61 Å². The van der Waals surface area contributed by atoms with Gasteiger partial charge in [0.1, 0.15) is 0 Å². The van der Waals surface area contributed by atoms with Gasteiger partial charge >= 0.3 is 5.69 Å². The van der Waals surface area contributed by atoms with E-state index in [4.69, 9.17) is 4.74 Å². The Kier molecular flexibility index (Phi) is 2.76. The summed E-state index contributed by atoms with van der Waals surface area (Å²) in [5.74, 6) is 0. The number of aromatic amines is 1. The lowest BCUT2D eigenvalue weighted by Gasteiger charge is -2.22. The van der Waals surface area contributed by atoms with Crippen molar-refractivity contribution in [3.63, 3.8) is 0 Å². The largest absolute Gasteiger partial charge is 0.387 e. The van der Waals surface area contributed by atoms with Crippen molar-refractivity contribution in [2.24, 2.45) is 0 Å². The molecule has 0 amide bonds. The van der Waals surface area contributed by atoms with Gasteiger partial charge in [-0.05, 0) is 13.0 Å². The van der Waals surface area contributed by atoms with Crippen LogP contribution >= 0.6 is 0 Å². The van der Waals surface area contributed by atoms with Gasteiger partial charge in [-0.1, -0.05) is 6.08 Å². The second-order valence-electron chi connectivity index (χ2n) is 3.65. The van der Waals surface area contributed by atoms with Crippen LogP contribution in [0.1, 0.15) is 11.8 Å². The molecule has 6 nitrogen and oxygen atoms in total. The molecule has 0 spiro atoms. The summed E-state index contributed by atoms with van der Waals surface area (Å²) in [6, 6.07) is 0. The normalized spacial score (nSPS) is 24.6. The van der Waals surface area contributed by atoms with E-state index in [1.54, 1.807) is 19.1 Å². The molecule has 2 N–H and O–H groups in total. The van der Waals surface area contributed by atoms with Gasteiger partial charge in [-0.25, -0.2) is 4.79 Å². The Morgan fingerprint density at radius 3 is 2.88 bits per heavy atom. The van der Waals surface area contributed by atoms with Crippen molar-refractivity contribution in [2.45, 2.75) is 19.3 Å². The van der Waals surface area contributed by atoms with Gasteiger partial charge in [0.05, 0.1) is 12.7 Å². The van der Waals surface area contributed by atoms with E-state index >= 15 is 0 Å². The van der Waals surface area contributed by atoms with E-state index in [2.05, 4.69) is 4.98 Å². The third-order valence-electron chi connectivity index (χ3n) is 2.36. The summed E-state index contributed by atoms with van der Waals surface area (Å²) in [6.07, 6.45) is 3.35. The highest BCUT2D eigenvalue weighted by Gasteiger charge is 2.17. The molecule has 16 heavy (non-hydrogen) atoms. The van der Waals surface area contributed by atoms with Gasteiger partial charge in [0.2, 0.25) is 0 Å². The quantitative estimate of drug-likeness (QED) is 0.617. The Balaban J connectivity index is 2.42. The van der Waals surface area contributed by atoms with E-state index in [9.17, 15) is 14.7 Å². The first-order valence-corrected chi connectivity index (χ1v) is 4.88. The number of aliphatic hydroxyl groups excluding tert-OH is 1. The number of aliphatic hydroxyl groups is 1. The molecule has 1 aliphatic rings. The van der Waals surface area contributed by atoms with Crippen molar-refractivity contribution >= 4 is 0 Å². The van der Waals surface area contributed by atoms with Crippen molar-refractivity contribution in [2.75, 3.05) is 6.61 Å². The van der Waals surface area contributed by atoms with Gasteiger partial charge < -0.3 is 9.84 Å². The maximum atomic E-state index is 11.5. The molecule has 0 aliphatic carbocycles. The molecule has 0 saturated carbocycles. The predicted octanol–water partition coefficient (Wildman–Crippen LogP) is -0.709. The third kappa shape index (κ3) is 1.98. The van der Waals surface area contributed by atoms with Crippen LogP contribution in [0.15, 0.2) is 27.9 Å². The molecule has 0 saturated heterocycles. The number of nitrogens with one attached hydrogen (secondary N) is 1. The molecule has 0 radical (unpaired) electrons. The Morgan fingerprint density at radius 2 is 2.25 bits per heavy atom. The number of nitrogens with zero attached hydrogens (tertiary/aromatic N) is 1. The van der Waals surface area contributed by atoms with Crippen LogP contribution in [0.2, 0.25) is 0 Å². The number of hydrogen-bond acceptors (Lipinski definition) is 4. The van der Waals surface area contributed by atoms with Crippen molar-refractivity contribution < 1.29 is 9.84 Å². The molecule has 2 atom stereocenters. The highest BCUT2D eigenvalue weighted by Crippen LogP contribution is 2.13. The molecule has 1 aromatic rings. The van der Waals surface area contributed by atoms with Gasteiger partial charge in [-0.3, -0.25) is 14.3 Å². The lowest BCUT2D eigenvalue weighted by Crippen LogP contribution is -2.35. The van der Waals surface area contributed by atoms with E-state index in [0.29, 0.717) is 5.56 Å². The minimum atomic E-state index is -0.643. The fourth-order valence-electron chi connectivity index (χ4n) is 1.48. The summed E-state index contributed by atoms with van der Waals surface area (Å²) in [5.41, 5.74) is -0.495. The lowest BCUT2D eigenvalue weighted by molar-refractivity contribution is -0.0204. The lowest BCUT2D eigenvalue weighted by atomic mass is 10.2. The molecule has 2 heterocycles. The average molecular weight is 224 g/mol. The van der Waals surface area contributed by atoms with Gasteiger partial charge in [-0.2, -0.15) is 0 Å². The van der Waals surface area contributed by atoms with Crippen LogP contribution in [-0.4, -0.2) is 27.4 Å². The summed E-state index contributed by atoms with van der Waals surface area (Å²) in [7, 11) is 0. The Morgan fingerprint density at radius 1 is 1.50 bits per heavy atom. The van der Waals surface area contributed by atoms with Gasteiger partial charge in [0.15, 0.2) is 6.23 Å². The Bertz CT molecular complexity index is 528. The number of rotatable bonds is 1. The monoisotopic (exact) mass is 224 g/mol. The molecule has 2 rings (SSSR count). The average Bonchev–Trinajstić information content (AvgIpc) is 2.25. The maximum absolute atomic E-state index is 11.5. The number of H-pyrrole nitrogens is 1. The zero-order chi connectivity index (χ0) is 11.7. The number of aromatic nitrogens is 2. The minimum Gasteiger partial charge on any atom is -0.387 e. The van der Waals surface area contributed by atoms with E-state index in [0.717, 1.165) is 0 Å². The zero-order valence-electron chi connectivity index (χ0n) is 8.71. The standard InChI is InChI=1S/C10H12N2O4/c1-6-4-12(10(15)11-9(6)14)8-3-2-7(13)5-16-8/h2-4,7-8,13H,5H2,1H3,(H,11,14,15)/t7-,8+/m0/s1. The highest BCUT2D eigenvalue weighted by atomic mass is 16.5. The van der Waals surface area contributed by atoms with Crippen LogP contribution in [-0.2, 0) is 4.74 Å². The van der Waals surface area contributed by atoms with Crippen LogP contribution in [0.3, 0.4) is 0 Å². The fraction of sp³-hybridized carbons (Fsp3) is 0.400. The van der Waals surface area contributed by atoms with Gasteiger partial charge in [-0.15, -0.1) is 0 Å². The minimum absolute atomic E-state index is 0.131. The molecule has 0 fully saturated rings. The zero-order valence-corrected chi connectivity index (χ0v) is 8.71. The summed E-state index contributed by atoms with van der Waals surface area (Å²) >= 11 is 0. The fourth-order valence-corrected chi connectivity index (χ4v) is 1.48. The van der Waals surface area contributed by atoms with Crippen LogP contribution in [0.5, 0.6) is 0 Å². The molecule has 0 unspecified atom stereocenters. The van der Waals surface area contributed by atoms with Gasteiger partial charge in [0, 0.05) is 11.8 Å². The topological polar surface area (TPSA) is 84.3 Å². The number of ether oxygens (including phenoxy) is 1. The van der Waals surface area contributed by atoms with Gasteiger partial charge in [0.25, 0.3) is 5.56 Å². The molecule has 6 heteroatoms. The first kappa shape index (κ1) is 10.8. The first-order chi connectivity index (χ1) is 7.58. The third-order valence-corrected chi connectivity index (χ3v) is 2.36. The summed E-state index contributed by atoms with van der Waals surface area (Å²) in [6.45, 7) is 1.74. The molecule has 0 aromatic carbocycles. The Labute approximate surface area is 90.8 Å². The first-order valence-electron chi connectivity index (χ1n) is 4.88.